The minimum Gasteiger partial charge on any atom is -0.388 e. The zero-order chi connectivity index (χ0) is 23.4. The van der Waals surface area contributed by atoms with Crippen LogP contribution in [0, 0.1) is 5.82 Å². The lowest BCUT2D eigenvalue weighted by Crippen LogP contribution is -1.98. The Balaban J connectivity index is 1.79. The lowest BCUT2D eigenvalue weighted by molar-refractivity contribution is 0.628. The van der Waals surface area contributed by atoms with Crippen molar-refractivity contribution in [3.05, 3.63) is 115 Å². The Kier molecular flexibility index (Phi) is 6.36. The average molecular weight is 436 g/mol. The summed E-state index contributed by atoms with van der Waals surface area (Å²) < 4.78 is 13.4. The van der Waals surface area contributed by atoms with E-state index in [0.29, 0.717) is 0 Å². The van der Waals surface area contributed by atoms with E-state index >= 15 is 0 Å². The molecule has 1 aromatic heterocycles. The van der Waals surface area contributed by atoms with Gasteiger partial charge in [-0.2, -0.15) is 0 Å². The Bertz CT molecular complexity index is 1390. The number of hydrogen-bond donors (Lipinski definition) is 2. The number of aromatic amines is 1. The first-order chi connectivity index (χ1) is 16.0. The highest BCUT2D eigenvalue weighted by Crippen LogP contribution is 2.35. The summed E-state index contributed by atoms with van der Waals surface area (Å²) in [4.78, 5) is 7.68. The number of nitrogens with zero attached hydrogens (tertiary/aromatic N) is 1. The quantitative estimate of drug-likeness (QED) is 0.287. The van der Waals surface area contributed by atoms with Gasteiger partial charge in [0.05, 0.1) is 0 Å². The summed E-state index contributed by atoms with van der Waals surface area (Å²) in [5.41, 5.74) is 8.84. The zero-order valence-electron chi connectivity index (χ0n) is 18.8. The molecule has 0 aliphatic carbocycles. The van der Waals surface area contributed by atoms with Gasteiger partial charge in [0.2, 0.25) is 0 Å². The molecule has 0 atom stereocenters. The van der Waals surface area contributed by atoms with Gasteiger partial charge < -0.3 is 10.3 Å². The fourth-order valence-corrected chi connectivity index (χ4v) is 3.98. The van der Waals surface area contributed by atoms with E-state index in [4.69, 9.17) is 0 Å². The summed E-state index contributed by atoms with van der Waals surface area (Å²) in [7, 11) is 1.90. The van der Waals surface area contributed by atoms with E-state index in [1.165, 1.54) is 18.3 Å². The van der Waals surface area contributed by atoms with Gasteiger partial charge in [-0.1, -0.05) is 49.6 Å². The lowest BCUT2D eigenvalue weighted by atomic mass is 9.96. The number of fused-ring (bicyclic) bond motifs is 1. The van der Waals surface area contributed by atoms with Crippen LogP contribution in [0.1, 0.15) is 23.7 Å². The molecule has 0 aliphatic rings. The van der Waals surface area contributed by atoms with Crippen molar-refractivity contribution in [3.63, 3.8) is 0 Å². The summed E-state index contributed by atoms with van der Waals surface area (Å²) in [6.07, 6.45) is 5.34. The van der Waals surface area contributed by atoms with Crippen LogP contribution in [-0.2, 0) is 0 Å². The third kappa shape index (κ3) is 4.41. The van der Waals surface area contributed by atoms with Crippen molar-refractivity contribution in [3.8, 4) is 11.1 Å². The topological polar surface area (TPSA) is 40.2 Å². The molecule has 0 radical (unpaired) electrons. The van der Waals surface area contributed by atoms with E-state index in [2.05, 4.69) is 46.7 Å². The fraction of sp³-hybridized carbons (Fsp3) is 0.0690. The molecular weight excluding hydrogens is 409 g/mol. The molecule has 0 aliphatic heterocycles. The van der Waals surface area contributed by atoms with E-state index in [1.807, 2.05) is 44.3 Å². The number of allylic oxidation sites excluding steroid dienone is 2. The SMILES string of the molecule is C=C/N=C\C(=C/C)c1ccc(NC)c(C(=C)c2cc3c(-c4ccc(F)cc4)cccc3[nH]2)c1. The second-order valence-electron chi connectivity index (χ2n) is 7.65. The van der Waals surface area contributed by atoms with Crippen molar-refractivity contribution in [2.24, 2.45) is 4.99 Å². The average Bonchev–Trinajstić information content (AvgIpc) is 3.29. The van der Waals surface area contributed by atoms with Gasteiger partial charge >= 0.3 is 0 Å². The maximum atomic E-state index is 13.4. The molecule has 2 N–H and O–H groups in total. The zero-order valence-corrected chi connectivity index (χ0v) is 18.8. The molecule has 0 saturated heterocycles. The van der Waals surface area contributed by atoms with Crippen LogP contribution in [-0.4, -0.2) is 18.2 Å². The standard InChI is InChI=1S/C29H26FN3/c1-5-20(18-32-6-2)22-12-15-27(31-4)25(16-22)19(3)29-17-26-24(8-7-9-28(26)33-29)21-10-13-23(30)14-11-21/h5-18,31,33H,2-3H2,1,4H3/b20-5+,32-18-. The highest BCUT2D eigenvalue weighted by Gasteiger charge is 2.14. The molecule has 3 nitrogen and oxygen atoms in total. The summed E-state index contributed by atoms with van der Waals surface area (Å²) in [6, 6.07) is 21.0. The number of hydrogen-bond acceptors (Lipinski definition) is 2. The van der Waals surface area contributed by atoms with Crippen LogP contribution in [0.2, 0.25) is 0 Å². The molecule has 4 aromatic rings. The van der Waals surface area contributed by atoms with Gasteiger partial charge in [0.1, 0.15) is 5.82 Å². The number of rotatable bonds is 7. The molecule has 0 spiro atoms. The molecule has 0 unspecified atom stereocenters. The van der Waals surface area contributed by atoms with Gasteiger partial charge in [-0.3, -0.25) is 4.99 Å². The van der Waals surface area contributed by atoms with Gasteiger partial charge in [-0.15, -0.1) is 0 Å². The Morgan fingerprint density at radius 3 is 2.55 bits per heavy atom. The van der Waals surface area contributed by atoms with Gasteiger partial charge in [0.25, 0.3) is 0 Å². The minimum atomic E-state index is -0.243. The van der Waals surface area contributed by atoms with Crippen LogP contribution >= 0.6 is 0 Å². The van der Waals surface area contributed by atoms with Crippen molar-refractivity contribution in [1.29, 1.82) is 0 Å². The molecule has 0 fully saturated rings. The third-order valence-electron chi connectivity index (χ3n) is 5.72. The van der Waals surface area contributed by atoms with Crippen LogP contribution in [0.3, 0.4) is 0 Å². The summed E-state index contributed by atoms with van der Waals surface area (Å²) in [6.45, 7) is 10.1. The van der Waals surface area contributed by atoms with Crippen molar-refractivity contribution in [2.45, 2.75) is 6.92 Å². The molecule has 0 bridgehead atoms. The van der Waals surface area contributed by atoms with Crippen molar-refractivity contribution >= 4 is 34.0 Å². The number of aliphatic imine (C=N–C) groups is 1. The van der Waals surface area contributed by atoms with E-state index in [1.54, 1.807) is 18.3 Å². The number of H-pyrrole nitrogens is 1. The minimum absolute atomic E-state index is 0.243. The van der Waals surface area contributed by atoms with Gasteiger partial charge in [0.15, 0.2) is 0 Å². The number of aromatic nitrogens is 1. The molecule has 3 aromatic carbocycles. The first-order valence-corrected chi connectivity index (χ1v) is 10.8. The molecule has 33 heavy (non-hydrogen) atoms. The molecule has 1 heterocycles. The highest BCUT2D eigenvalue weighted by molar-refractivity contribution is 6.10. The largest absolute Gasteiger partial charge is 0.388 e. The monoisotopic (exact) mass is 435 g/mol. The Hall–Kier alpha value is -4.18. The third-order valence-corrected chi connectivity index (χ3v) is 5.72. The first-order valence-electron chi connectivity index (χ1n) is 10.8. The second kappa shape index (κ2) is 9.53. The molecule has 164 valence electrons. The van der Waals surface area contributed by atoms with Crippen molar-refractivity contribution in [2.75, 3.05) is 12.4 Å². The summed E-state index contributed by atoms with van der Waals surface area (Å²) >= 11 is 0. The lowest BCUT2D eigenvalue weighted by Gasteiger charge is -2.13. The Labute approximate surface area is 193 Å². The highest BCUT2D eigenvalue weighted by atomic mass is 19.1. The van der Waals surface area contributed by atoms with Gasteiger partial charge in [-0.05, 0) is 65.6 Å². The van der Waals surface area contributed by atoms with E-state index in [-0.39, 0.29) is 5.82 Å². The fourth-order valence-electron chi connectivity index (χ4n) is 3.98. The maximum Gasteiger partial charge on any atom is 0.123 e. The van der Waals surface area contributed by atoms with Crippen LogP contribution < -0.4 is 5.32 Å². The number of benzene rings is 3. The maximum absolute atomic E-state index is 13.4. The van der Waals surface area contributed by atoms with Crippen LogP contribution in [0.5, 0.6) is 0 Å². The number of anilines is 1. The predicted molar refractivity (Wildman–Crippen MR) is 140 cm³/mol. The first kappa shape index (κ1) is 22.0. The smallest absolute Gasteiger partial charge is 0.123 e. The molecule has 4 rings (SSSR count). The van der Waals surface area contributed by atoms with E-state index < -0.39 is 0 Å². The van der Waals surface area contributed by atoms with Gasteiger partial charge in [0, 0.05) is 52.9 Å². The van der Waals surface area contributed by atoms with Crippen LogP contribution in [0.4, 0.5) is 10.1 Å². The second-order valence-corrected chi connectivity index (χ2v) is 7.65. The van der Waals surface area contributed by atoms with Crippen LogP contribution in [0.25, 0.3) is 33.2 Å². The Morgan fingerprint density at radius 1 is 1.06 bits per heavy atom. The van der Waals surface area contributed by atoms with E-state index in [9.17, 15) is 4.39 Å². The predicted octanol–water partition coefficient (Wildman–Crippen LogP) is 7.69. The van der Waals surface area contributed by atoms with E-state index in [0.717, 1.165) is 55.7 Å². The van der Waals surface area contributed by atoms with Crippen LogP contribution in [0.15, 0.2) is 97.2 Å². The normalized spacial score (nSPS) is 11.8. The molecule has 0 amide bonds. The molecule has 4 heteroatoms. The van der Waals surface area contributed by atoms with Crippen molar-refractivity contribution < 1.29 is 4.39 Å². The summed E-state index contributed by atoms with van der Waals surface area (Å²) in [5, 5.41) is 4.33. The number of halogens is 1. The summed E-state index contributed by atoms with van der Waals surface area (Å²) in [5.74, 6) is -0.243. The van der Waals surface area contributed by atoms with Crippen molar-refractivity contribution in [1.82, 2.24) is 4.98 Å². The number of nitrogens with one attached hydrogen (secondary N) is 2. The Morgan fingerprint density at radius 2 is 1.85 bits per heavy atom. The molecular formula is C29H26FN3. The van der Waals surface area contributed by atoms with Gasteiger partial charge in [-0.25, -0.2) is 4.39 Å². The molecule has 0 saturated carbocycles.